The number of piperidine rings is 2. The van der Waals surface area contributed by atoms with Crippen LogP contribution in [0.3, 0.4) is 0 Å². The summed E-state index contributed by atoms with van der Waals surface area (Å²) in [6.07, 6.45) is 1.74. The SMILES string of the molecule is CCOC(=O)C1(C)CCN(Cc2cc(F)c(N3CC(=O)NC4(CCN(C(=O)OC(C)(C)C)CC4)C3)cc2F)CC1. The normalized spacial score (nSPS) is 21.2. The van der Waals surface area contributed by atoms with Crippen LogP contribution >= 0.6 is 0 Å². The van der Waals surface area contributed by atoms with Crippen molar-refractivity contribution in [3.05, 3.63) is 29.3 Å². The lowest BCUT2D eigenvalue weighted by Crippen LogP contribution is -2.66. The molecule has 3 fully saturated rings. The van der Waals surface area contributed by atoms with E-state index in [9.17, 15) is 14.4 Å². The molecule has 40 heavy (non-hydrogen) atoms. The third-order valence-electron chi connectivity index (χ3n) is 8.18. The van der Waals surface area contributed by atoms with Gasteiger partial charge in [0.15, 0.2) is 0 Å². The molecule has 222 valence electrons. The van der Waals surface area contributed by atoms with Gasteiger partial charge in [0, 0.05) is 37.8 Å². The van der Waals surface area contributed by atoms with Crippen molar-refractivity contribution in [3.8, 4) is 0 Å². The third kappa shape index (κ3) is 6.85. The van der Waals surface area contributed by atoms with Crippen molar-refractivity contribution >= 4 is 23.7 Å². The van der Waals surface area contributed by atoms with E-state index >= 15 is 8.78 Å². The second kappa shape index (κ2) is 11.5. The van der Waals surface area contributed by atoms with Crippen LogP contribution in [-0.2, 0) is 25.6 Å². The summed E-state index contributed by atoms with van der Waals surface area (Å²) in [7, 11) is 0. The molecule has 0 bridgehead atoms. The van der Waals surface area contributed by atoms with E-state index in [0.717, 1.165) is 0 Å². The van der Waals surface area contributed by atoms with Gasteiger partial charge < -0.3 is 24.6 Å². The minimum atomic E-state index is -0.644. The molecule has 0 aromatic heterocycles. The Bertz CT molecular complexity index is 1120. The Kier molecular flexibility index (Phi) is 8.63. The molecule has 0 radical (unpaired) electrons. The van der Waals surface area contributed by atoms with Crippen molar-refractivity contribution < 1.29 is 32.6 Å². The van der Waals surface area contributed by atoms with E-state index < -0.39 is 34.3 Å². The standard InChI is InChI=1S/C29H42F2N4O5/c1-6-39-25(37)28(5)7-11-33(12-8-28)17-20-15-22(31)23(16-21(20)30)35-18-24(36)32-29(19-35)9-13-34(14-10-29)26(38)40-27(2,3)4/h15-16H,6-14,17-19H2,1-5H3,(H,32,36). The van der Waals surface area contributed by atoms with Crippen LogP contribution in [0.4, 0.5) is 19.3 Å². The highest BCUT2D eigenvalue weighted by Gasteiger charge is 2.43. The molecule has 2 amide bonds. The summed E-state index contributed by atoms with van der Waals surface area (Å²) in [6, 6.07) is 2.40. The first-order valence-electron chi connectivity index (χ1n) is 14.1. The molecule has 0 aliphatic carbocycles. The van der Waals surface area contributed by atoms with Crippen LogP contribution < -0.4 is 10.2 Å². The molecule has 1 aromatic carbocycles. The summed E-state index contributed by atoms with van der Waals surface area (Å²) >= 11 is 0. The van der Waals surface area contributed by atoms with E-state index in [0.29, 0.717) is 65.0 Å². The van der Waals surface area contributed by atoms with Gasteiger partial charge in [0.25, 0.3) is 0 Å². The summed E-state index contributed by atoms with van der Waals surface area (Å²) in [6.45, 7) is 11.8. The first-order chi connectivity index (χ1) is 18.7. The topological polar surface area (TPSA) is 91.4 Å². The average Bonchev–Trinajstić information content (AvgIpc) is 2.86. The number of esters is 1. The molecule has 3 aliphatic rings. The lowest BCUT2D eigenvalue weighted by Gasteiger charge is -2.48. The molecular formula is C29H42F2N4O5. The average molecular weight is 565 g/mol. The van der Waals surface area contributed by atoms with Crippen LogP contribution in [-0.4, -0.2) is 84.8 Å². The van der Waals surface area contributed by atoms with E-state index in [-0.39, 0.29) is 36.2 Å². The fourth-order valence-electron chi connectivity index (χ4n) is 5.76. The molecule has 0 saturated carbocycles. The number of likely N-dealkylation sites (tertiary alicyclic amines) is 2. The van der Waals surface area contributed by atoms with Crippen LogP contribution in [0.2, 0.25) is 0 Å². The molecule has 0 atom stereocenters. The minimum absolute atomic E-state index is 0.0542. The van der Waals surface area contributed by atoms with Gasteiger partial charge in [0.1, 0.15) is 17.2 Å². The second-order valence-electron chi connectivity index (χ2n) is 12.6. The van der Waals surface area contributed by atoms with Crippen molar-refractivity contribution in [1.29, 1.82) is 0 Å². The molecule has 3 heterocycles. The van der Waals surface area contributed by atoms with Crippen molar-refractivity contribution in [2.24, 2.45) is 5.41 Å². The van der Waals surface area contributed by atoms with Crippen molar-refractivity contribution in [2.45, 2.75) is 78.0 Å². The fraction of sp³-hybridized carbons (Fsp3) is 0.690. The molecule has 3 aliphatic heterocycles. The van der Waals surface area contributed by atoms with Gasteiger partial charge in [-0.3, -0.25) is 14.5 Å². The van der Waals surface area contributed by atoms with Crippen LogP contribution in [0.1, 0.15) is 65.9 Å². The lowest BCUT2D eigenvalue weighted by molar-refractivity contribution is -0.157. The highest BCUT2D eigenvalue weighted by atomic mass is 19.1. The summed E-state index contributed by atoms with van der Waals surface area (Å²) in [5, 5.41) is 3.05. The zero-order valence-corrected chi connectivity index (χ0v) is 24.3. The van der Waals surface area contributed by atoms with E-state index in [1.54, 1.807) is 16.7 Å². The number of nitrogens with zero attached hydrogens (tertiary/aromatic N) is 3. The Morgan fingerprint density at radius 3 is 2.27 bits per heavy atom. The predicted molar refractivity (Wildman–Crippen MR) is 146 cm³/mol. The Hall–Kier alpha value is -2.95. The summed E-state index contributed by atoms with van der Waals surface area (Å²) in [5.41, 5.74) is -1.52. The highest BCUT2D eigenvalue weighted by Crippen LogP contribution is 2.35. The summed E-state index contributed by atoms with van der Waals surface area (Å²) < 4.78 is 41.3. The summed E-state index contributed by atoms with van der Waals surface area (Å²) in [5.74, 6) is -1.59. The van der Waals surface area contributed by atoms with Gasteiger partial charge in [-0.05, 0) is 79.5 Å². The number of amides is 2. The van der Waals surface area contributed by atoms with E-state index in [2.05, 4.69) is 5.32 Å². The zero-order chi connectivity index (χ0) is 29.3. The van der Waals surface area contributed by atoms with E-state index in [4.69, 9.17) is 9.47 Å². The number of piperazine rings is 1. The Labute approximate surface area is 235 Å². The highest BCUT2D eigenvalue weighted by molar-refractivity contribution is 5.84. The first-order valence-corrected chi connectivity index (χ1v) is 14.1. The Balaban J connectivity index is 1.40. The molecule has 9 nitrogen and oxygen atoms in total. The molecular weight excluding hydrogens is 522 g/mol. The van der Waals surface area contributed by atoms with Gasteiger partial charge in [0.05, 0.1) is 29.8 Å². The maximum absolute atomic E-state index is 15.4. The van der Waals surface area contributed by atoms with Crippen molar-refractivity contribution in [2.75, 3.05) is 50.8 Å². The predicted octanol–water partition coefficient (Wildman–Crippen LogP) is 3.84. The number of benzene rings is 1. The molecule has 11 heteroatoms. The number of ether oxygens (including phenoxy) is 2. The smallest absolute Gasteiger partial charge is 0.410 e. The van der Waals surface area contributed by atoms with Crippen LogP contribution in [0, 0.1) is 17.0 Å². The van der Waals surface area contributed by atoms with Gasteiger partial charge in [-0.25, -0.2) is 13.6 Å². The van der Waals surface area contributed by atoms with Gasteiger partial charge in [-0.2, -0.15) is 0 Å². The second-order valence-corrected chi connectivity index (χ2v) is 12.6. The molecule has 4 rings (SSSR count). The quantitative estimate of drug-likeness (QED) is 0.544. The van der Waals surface area contributed by atoms with Crippen LogP contribution in [0.25, 0.3) is 0 Å². The summed E-state index contributed by atoms with van der Waals surface area (Å²) in [4.78, 5) is 42.7. The van der Waals surface area contributed by atoms with Crippen LogP contribution in [0.5, 0.6) is 0 Å². The van der Waals surface area contributed by atoms with Crippen molar-refractivity contribution in [3.63, 3.8) is 0 Å². The number of carbonyl (C=O) groups excluding carboxylic acids is 3. The van der Waals surface area contributed by atoms with Gasteiger partial charge in [0.2, 0.25) is 5.91 Å². The van der Waals surface area contributed by atoms with E-state index in [1.165, 1.54) is 12.1 Å². The molecule has 1 aromatic rings. The number of hydrogen-bond acceptors (Lipinski definition) is 7. The first kappa shape index (κ1) is 30.0. The largest absolute Gasteiger partial charge is 0.466 e. The van der Waals surface area contributed by atoms with Crippen molar-refractivity contribution in [1.82, 2.24) is 15.1 Å². The maximum Gasteiger partial charge on any atom is 0.410 e. The fourth-order valence-corrected chi connectivity index (χ4v) is 5.76. The number of carbonyl (C=O) groups is 3. The van der Waals surface area contributed by atoms with Gasteiger partial charge >= 0.3 is 12.1 Å². The van der Waals surface area contributed by atoms with Gasteiger partial charge in [-0.15, -0.1) is 0 Å². The maximum atomic E-state index is 15.4. The van der Waals surface area contributed by atoms with E-state index in [1.807, 2.05) is 32.6 Å². The molecule has 1 N–H and O–H groups in total. The number of anilines is 1. The number of hydrogen-bond donors (Lipinski definition) is 1. The number of rotatable bonds is 5. The molecule has 0 unspecified atom stereocenters. The van der Waals surface area contributed by atoms with Crippen LogP contribution in [0.15, 0.2) is 12.1 Å². The zero-order valence-electron chi connectivity index (χ0n) is 24.3. The minimum Gasteiger partial charge on any atom is -0.466 e. The number of nitrogens with one attached hydrogen (secondary N) is 1. The number of halogens is 2. The van der Waals surface area contributed by atoms with Gasteiger partial charge in [-0.1, -0.05) is 0 Å². The molecule has 1 spiro atoms. The Morgan fingerprint density at radius 1 is 1.02 bits per heavy atom. The molecule has 3 saturated heterocycles. The Morgan fingerprint density at radius 2 is 1.68 bits per heavy atom. The monoisotopic (exact) mass is 564 g/mol. The lowest BCUT2D eigenvalue weighted by atomic mass is 9.80. The third-order valence-corrected chi connectivity index (χ3v) is 8.18.